The van der Waals surface area contributed by atoms with E-state index >= 15 is 0 Å². The number of benzene rings is 1. The van der Waals surface area contributed by atoms with Crippen molar-refractivity contribution in [2.75, 3.05) is 11.4 Å². The molecule has 0 spiro atoms. The number of aromatic nitrogens is 1. The van der Waals surface area contributed by atoms with Crippen LogP contribution in [0, 0.1) is 5.92 Å². The zero-order valence-corrected chi connectivity index (χ0v) is 10.0. The molecule has 1 aromatic carbocycles. The molecule has 1 aliphatic rings. The first-order valence-corrected chi connectivity index (χ1v) is 6.05. The predicted molar refractivity (Wildman–Crippen MR) is 72.4 cm³/mol. The highest BCUT2D eigenvalue weighted by molar-refractivity contribution is 6.04. The lowest BCUT2D eigenvalue weighted by Crippen LogP contribution is -2.24. The van der Waals surface area contributed by atoms with E-state index in [-0.39, 0.29) is 11.8 Å². The molecular formula is C15H14N2O. The third-order valence-electron chi connectivity index (χ3n) is 3.44. The summed E-state index contributed by atoms with van der Waals surface area (Å²) in [4.78, 5) is 18.0. The van der Waals surface area contributed by atoms with Gasteiger partial charge in [0.05, 0.1) is 5.69 Å². The summed E-state index contributed by atoms with van der Waals surface area (Å²) in [7, 11) is 0. The van der Waals surface area contributed by atoms with Crippen LogP contribution in [0.15, 0.2) is 49.3 Å². The number of anilines is 1. The average Bonchev–Trinajstić information content (AvgIpc) is 2.79. The van der Waals surface area contributed by atoms with Gasteiger partial charge in [-0.3, -0.25) is 9.78 Å². The van der Waals surface area contributed by atoms with E-state index in [0.717, 1.165) is 23.0 Å². The van der Waals surface area contributed by atoms with Gasteiger partial charge in [0, 0.05) is 42.0 Å². The Bertz CT molecular complexity index is 615. The topological polar surface area (TPSA) is 33.2 Å². The highest BCUT2D eigenvalue weighted by Gasteiger charge is 2.29. The molecule has 90 valence electrons. The summed E-state index contributed by atoms with van der Waals surface area (Å²) >= 11 is 0. The summed E-state index contributed by atoms with van der Waals surface area (Å²) in [6, 6.07) is 7.93. The van der Waals surface area contributed by atoms with Crippen LogP contribution in [0.1, 0.15) is 6.42 Å². The second kappa shape index (κ2) is 4.26. The molecule has 1 fully saturated rings. The van der Waals surface area contributed by atoms with E-state index in [2.05, 4.69) is 11.6 Å². The minimum absolute atomic E-state index is 0.171. The fraction of sp³-hybridized carbons (Fsp3) is 0.200. The van der Waals surface area contributed by atoms with Crippen molar-refractivity contribution in [2.24, 2.45) is 5.92 Å². The van der Waals surface area contributed by atoms with Crippen LogP contribution in [0.2, 0.25) is 0 Å². The number of fused-ring (bicyclic) bond motifs is 1. The third kappa shape index (κ3) is 1.68. The van der Waals surface area contributed by atoms with Crippen LogP contribution in [0.5, 0.6) is 0 Å². The van der Waals surface area contributed by atoms with Crippen LogP contribution >= 0.6 is 0 Å². The van der Waals surface area contributed by atoms with E-state index in [1.165, 1.54) is 0 Å². The van der Waals surface area contributed by atoms with E-state index in [0.29, 0.717) is 6.42 Å². The zero-order valence-electron chi connectivity index (χ0n) is 10.0. The van der Waals surface area contributed by atoms with Crippen molar-refractivity contribution < 1.29 is 4.79 Å². The largest absolute Gasteiger partial charge is 0.311 e. The van der Waals surface area contributed by atoms with E-state index in [1.54, 1.807) is 6.20 Å². The molecule has 1 atom stereocenters. The van der Waals surface area contributed by atoms with E-state index in [1.807, 2.05) is 41.4 Å². The minimum Gasteiger partial charge on any atom is -0.311 e. The summed E-state index contributed by atoms with van der Waals surface area (Å²) < 4.78 is 0. The Morgan fingerprint density at radius 2 is 2.28 bits per heavy atom. The van der Waals surface area contributed by atoms with E-state index < -0.39 is 0 Å². The number of hydrogen-bond donors (Lipinski definition) is 0. The van der Waals surface area contributed by atoms with E-state index in [9.17, 15) is 4.79 Å². The number of carbonyl (C=O) groups is 1. The molecule has 1 saturated heterocycles. The molecule has 0 saturated carbocycles. The summed E-state index contributed by atoms with van der Waals surface area (Å²) in [5, 5.41) is 2.13. The number of rotatable bonds is 2. The Morgan fingerprint density at radius 1 is 1.39 bits per heavy atom. The van der Waals surface area contributed by atoms with Crippen molar-refractivity contribution in [3.8, 4) is 0 Å². The molecule has 0 radical (unpaired) electrons. The van der Waals surface area contributed by atoms with Gasteiger partial charge in [-0.1, -0.05) is 18.2 Å². The summed E-state index contributed by atoms with van der Waals surface area (Å²) in [6.07, 6.45) is 6.01. The Balaban J connectivity index is 2.10. The van der Waals surface area contributed by atoms with Gasteiger partial charge in [0.25, 0.3) is 0 Å². The molecule has 0 bridgehead atoms. The molecule has 18 heavy (non-hydrogen) atoms. The Hall–Kier alpha value is -2.16. The highest BCUT2D eigenvalue weighted by atomic mass is 16.2. The molecular weight excluding hydrogens is 224 g/mol. The van der Waals surface area contributed by atoms with Gasteiger partial charge in [-0.25, -0.2) is 0 Å². The van der Waals surface area contributed by atoms with Gasteiger partial charge in [0.15, 0.2) is 0 Å². The van der Waals surface area contributed by atoms with Crippen LogP contribution in [-0.2, 0) is 4.79 Å². The fourth-order valence-electron chi connectivity index (χ4n) is 2.47. The minimum atomic E-state index is 0.171. The van der Waals surface area contributed by atoms with Gasteiger partial charge in [-0.05, 0) is 12.1 Å². The first-order valence-electron chi connectivity index (χ1n) is 6.05. The Kier molecular flexibility index (Phi) is 2.59. The summed E-state index contributed by atoms with van der Waals surface area (Å²) in [6.45, 7) is 4.50. The maximum Gasteiger partial charge on any atom is 0.227 e. The number of nitrogens with zero attached hydrogens (tertiary/aromatic N) is 2. The number of amides is 1. The van der Waals surface area contributed by atoms with Crippen LogP contribution in [0.3, 0.4) is 0 Å². The standard InChI is InChI=1S/C15H14N2O/c1-2-11-8-15(18)17(10-11)14-5-3-4-12-9-16-7-6-13(12)14/h2-7,9,11H,1,8,10H2. The number of carbonyl (C=O) groups excluding carboxylic acids is 1. The molecule has 1 amide bonds. The Morgan fingerprint density at radius 3 is 3.06 bits per heavy atom. The molecule has 2 aromatic rings. The van der Waals surface area contributed by atoms with Gasteiger partial charge in [0.2, 0.25) is 5.91 Å². The molecule has 1 aromatic heterocycles. The first-order chi connectivity index (χ1) is 8.79. The first kappa shape index (κ1) is 11.0. The van der Waals surface area contributed by atoms with Crippen LogP contribution in [0.4, 0.5) is 5.69 Å². The lowest BCUT2D eigenvalue weighted by molar-refractivity contribution is -0.117. The molecule has 0 aliphatic carbocycles. The van der Waals surface area contributed by atoms with Crippen LogP contribution in [-0.4, -0.2) is 17.4 Å². The smallest absolute Gasteiger partial charge is 0.227 e. The number of hydrogen-bond acceptors (Lipinski definition) is 2. The maximum atomic E-state index is 12.1. The predicted octanol–water partition coefficient (Wildman–Crippen LogP) is 2.77. The van der Waals surface area contributed by atoms with Crippen molar-refractivity contribution in [2.45, 2.75) is 6.42 Å². The SMILES string of the molecule is C=CC1CC(=O)N(c2cccc3cnccc23)C1. The third-order valence-corrected chi connectivity index (χ3v) is 3.44. The van der Waals surface area contributed by atoms with Crippen molar-refractivity contribution >= 4 is 22.4 Å². The van der Waals surface area contributed by atoms with Gasteiger partial charge in [-0.2, -0.15) is 0 Å². The molecule has 2 heterocycles. The molecule has 0 N–H and O–H groups in total. The lowest BCUT2D eigenvalue weighted by atomic mass is 10.1. The lowest BCUT2D eigenvalue weighted by Gasteiger charge is -2.18. The molecule has 3 heteroatoms. The maximum absolute atomic E-state index is 12.1. The van der Waals surface area contributed by atoms with E-state index in [4.69, 9.17) is 0 Å². The summed E-state index contributed by atoms with van der Waals surface area (Å²) in [5.41, 5.74) is 0.976. The molecule has 3 nitrogen and oxygen atoms in total. The molecule has 1 aliphatic heterocycles. The van der Waals surface area contributed by atoms with Crippen molar-refractivity contribution in [3.05, 3.63) is 49.3 Å². The Labute approximate surface area is 106 Å². The van der Waals surface area contributed by atoms with Gasteiger partial charge in [-0.15, -0.1) is 6.58 Å². The quantitative estimate of drug-likeness (QED) is 0.754. The summed E-state index contributed by atoms with van der Waals surface area (Å²) in [5.74, 6) is 0.429. The fourth-order valence-corrected chi connectivity index (χ4v) is 2.47. The van der Waals surface area contributed by atoms with Crippen LogP contribution < -0.4 is 4.90 Å². The van der Waals surface area contributed by atoms with Crippen molar-refractivity contribution in [1.82, 2.24) is 4.98 Å². The second-order valence-electron chi connectivity index (χ2n) is 4.58. The second-order valence-corrected chi connectivity index (χ2v) is 4.58. The van der Waals surface area contributed by atoms with Crippen LogP contribution in [0.25, 0.3) is 10.8 Å². The molecule has 1 unspecified atom stereocenters. The number of pyridine rings is 1. The zero-order chi connectivity index (χ0) is 12.5. The highest BCUT2D eigenvalue weighted by Crippen LogP contribution is 2.31. The van der Waals surface area contributed by atoms with Crippen molar-refractivity contribution in [1.29, 1.82) is 0 Å². The monoisotopic (exact) mass is 238 g/mol. The molecule has 3 rings (SSSR count). The van der Waals surface area contributed by atoms with Gasteiger partial charge < -0.3 is 4.90 Å². The average molecular weight is 238 g/mol. The van der Waals surface area contributed by atoms with Gasteiger partial charge in [0.1, 0.15) is 0 Å². The van der Waals surface area contributed by atoms with Crippen molar-refractivity contribution in [3.63, 3.8) is 0 Å². The van der Waals surface area contributed by atoms with Gasteiger partial charge >= 0.3 is 0 Å². The normalized spacial score (nSPS) is 19.4.